The number of hydrogen-bond donors (Lipinski definition) is 1. The molecule has 0 spiro atoms. The van der Waals surface area contributed by atoms with Crippen LogP contribution in [0.5, 0.6) is 17.2 Å². The van der Waals surface area contributed by atoms with Gasteiger partial charge < -0.3 is 19.5 Å². The lowest BCUT2D eigenvalue weighted by Crippen LogP contribution is -2.20. The molecule has 28 heavy (non-hydrogen) atoms. The molecular formula is C24H27NO3. The summed E-state index contributed by atoms with van der Waals surface area (Å²) in [6.45, 7) is 4.42. The molecule has 0 atom stereocenters. The van der Waals surface area contributed by atoms with Crippen molar-refractivity contribution in [2.24, 2.45) is 0 Å². The van der Waals surface area contributed by atoms with Crippen LogP contribution >= 0.6 is 0 Å². The molecule has 1 N–H and O–H groups in total. The van der Waals surface area contributed by atoms with Crippen LogP contribution in [0.1, 0.15) is 25.0 Å². The standard InChI is InChI=1S/C24H27NO3/c1-24(2,17-6-10-19(26-3)11-7-17)22-16-21(28-5)14-15-23(22)25-18-8-12-20(27-4)13-9-18/h6-16,25H,1-5H3. The zero-order chi connectivity index (χ0) is 20.1. The van der Waals surface area contributed by atoms with E-state index < -0.39 is 0 Å². The van der Waals surface area contributed by atoms with Crippen molar-refractivity contribution in [1.82, 2.24) is 0 Å². The second-order valence-electron chi connectivity index (χ2n) is 7.12. The Morgan fingerprint density at radius 2 is 1.14 bits per heavy atom. The number of nitrogens with one attached hydrogen (secondary N) is 1. The minimum absolute atomic E-state index is 0.240. The van der Waals surface area contributed by atoms with Crippen molar-refractivity contribution in [3.05, 3.63) is 77.9 Å². The van der Waals surface area contributed by atoms with E-state index in [4.69, 9.17) is 14.2 Å². The number of rotatable bonds is 7. The summed E-state index contributed by atoms with van der Waals surface area (Å²) >= 11 is 0. The summed E-state index contributed by atoms with van der Waals surface area (Å²) < 4.78 is 16.0. The summed E-state index contributed by atoms with van der Waals surface area (Å²) in [7, 11) is 5.04. The summed E-state index contributed by atoms with van der Waals surface area (Å²) in [5.41, 5.74) is 4.13. The molecule has 0 saturated carbocycles. The maximum Gasteiger partial charge on any atom is 0.119 e. The van der Waals surface area contributed by atoms with Crippen LogP contribution in [-0.4, -0.2) is 21.3 Å². The Labute approximate surface area is 167 Å². The number of anilines is 2. The molecule has 0 fully saturated rings. The lowest BCUT2D eigenvalue weighted by molar-refractivity contribution is 0.412. The lowest BCUT2D eigenvalue weighted by Gasteiger charge is -2.29. The summed E-state index contributed by atoms with van der Waals surface area (Å²) in [6.07, 6.45) is 0. The predicted molar refractivity (Wildman–Crippen MR) is 114 cm³/mol. The SMILES string of the molecule is COc1ccc(Nc2ccc(OC)cc2C(C)(C)c2ccc(OC)cc2)cc1. The van der Waals surface area contributed by atoms with Gasteiger partial charge in [-0.1, -0.05) is 26.0 Å². The fraction of sp³-hybridized carbons (Fsp3) is 0.250. The Balaban J connectivity index is 2.01. The highest BCUT2D eigenvalue weighted by molar-refractivity contribution is 5.68. The fourth-order valence-corrected chi connectivity index (χ4v) is 3.27. The van der Waals surface area contributed by atoms with Gasteiger partial charge in [0.25, 0.3) is 0 Å². The van der Waals surface area contributed by atoms with E-state index in [1.807, 2.05) is 42.5 Å². The molecule has 0 amide bonds. The monoisotopic (exact) mass is 377 g/mol. The number of benzene rings is 3. The quantitative estimate of drug-likeness (QED) is 0.566. The zero-order valence-electron chi connectivity index (χ0n) is 17.1. The first kappa shape index (κ1) is 19.6. The van der Waals surface area contributed by atoms with E-state index in [0.29, 0.717) is 0 Å². The molecule has 0 bridgehead atoms. The smallest absolute Gasteiger partial charge is 0.119 e. The van der Waals surface area contributed by atoms with E-state index in [1.54, 1.807) is 21.3 Å². The molecule has 3 aromatic rings. The minimum atomic E-state index is -0.240. The average Bonchev–Trinajstić information content (AvgIpc) is 2.74. The van der Waals surface area contributed by atoms with Gasteiger partial charge >= 0.3 is 0 Å². The third-order valence-electron chi connectivity index (χ3n) is 5.08. The van der Waals surface area contributed by atoms with Crippen molar-refractivity contribution < 1.29 is 14.2 Å². The molecule has 0 aliphatic carbocycles. The molecule has 0 aromatic heterocycles. The van der Waals surface area contributed by atoms with Gasteiger partial charge in [-0.2, -0.15) is 0 Å². The van der Waals surface area contributed by atoms with Crippen LogP contribution in [0.4, 0.5) is 11.4 Å². The molecule has 4 heteroatoms. The van der Waals surface area contributed by atoms with Gasteiger partial charge in [0, 0.05) is 16.8 Å². The highest BCUT2D eigenvalue weighted by Gasteiger charge is 2.27. The number of hydrogen-bond acceptors (Lipinski definition) is 4. The summed E-state index contributed by atoms with van der Waals surface area (Å²) in [5.74, 6) is 2.51. The van der Waals surface area contributed by atoms with Gasteiger partial charge in [0.2, 0.25) is 0 Å². The molecular weight excluding hydrogens is 350 g/mol. The maximum atomic E-state index is 5.49. The van der Waals surface area contributed by atoms with E-state index in [9.17, 15) is 0 Å². The van der Waals surface area contributed by atoms with Crippen LogP contribution in [0.3, 0.4) is 0 Å². The molecule has 4 nitrogen and oxygen atoms in total. The Morgan fingerprint density at radius 1 is 0.643 bits per heavy atom. The number of methoxy groups -OCH3 is 3. The van der Waals surface area contributed by atoms with Crippen molar-refractivity contribution in [2.75, 3.05) is 26.6 Å². The van der Waals surface area contributed by atoms with Gasteiger partial charge in [-0.15, -0.1) is 0 Å². The van der Waals surface area contributed by atoms with Crippen LogP contribution in [0, 0.1) is 0 Å². The summed E-state index contributed by atoms with van der Waals surface area (Å²) in [4.78, 5) is 0. The van der Waals surface area contributed by atoms with Gasteiger partial charge in [-0.3, -0.25) is 0 Å². The van der Waals surface area contributed by atoms with Crippen LogP contribution in [-0.2, 0) is 5.41 Å². The first-order valence-electron chi connectivity index (χ1n) is 9.22. The zero-order valence-corrected chi connectivity index (χ0v) is 17.1. The Bertz CT molecular complexity index is 916. The third-order valence-corrected chi connectivity index (χ3v) is 5.08. The van der Waals surface area contributed by atoms with Gasteiger partial charge in [-0.25, -0.2) is 0 Å². The third kappa shape index (κ3) is 4.06. The van der Waals surface area contributed by atoms with Gasteiger partial charge in [0.05, 0.1) is 21.3 Å². The minimum Gasteiger partial charge on any atom is -0.497 e. The lowest BCUT2D eigenvalue weighted by atomic mass is 9.77. The van der Waals surface area contributed by atoms with Crippen molar-refractivity contribution >= 4 is 11.4 Å². The van der Waals surface area contributed by atoms with E-state index in [-0.39, 0.29) is 5.41 Å². The molecule has 0 aliphatic heterocycles. The van der Waals surface area contributed by atoms with Crippen molar-refractivity contribution in [1.29, 1.82) is 0 Å². The fourth-order valence-electron chi connectivity index (χ4n) is 3.27. The molecule has 3 aromatic carbocycles. The molecule has 0 radical (unpaired) electrons. The van der Waals surface area contributed by atoms with Crippen LogP contribution in [0.2, 0.25) is 0 Å². The van der Waals surface area contributed by atoms with Crippen molar-refractivity contribution in [3.63, 3.8) is 0 Å². The second kappa shape index (κ2) is 8.26. The predicted octanol–water partition coefficient (Wildman–Crippen LogP) is 5.78. The molecule has 0 unspecified atom stereocenters. The highest BCUT2D eigenvalue weighted by Crippen LogP contribution is 2.39. The van der Waals surface area contributed by atoms with E-state index in [0.717, 1.165) is 34.2 Å². The molecule has 0 aliphatic rings. The first-order chi connectivity index (χ1) is 13.5. The maximum absolute atomic E-state index is 5.49. The highest BCUT2D eigenvalue weighted by atomic mass is 16.5. The van der Waals surface area contributed by atoms with Crippen molar-refractivity contribution in [3.8, 4) is 17.2 Å². The number of ether oxygens (including phenoxy) is 3. The summed E-state index contributed by atoms with van der Waals surface area (Å²) in [5, 5.41) is 3.54. The molecule has 146 valence electrons. The molecule has 3 rings (SSSR count). The van der Waals surface area contributed by atoms with E-state index >= 15 is 0 Å². The van der Waals surface area contributed by atoms with Crippen LogP contribution in [0.25, 0.3) is 0 Å². The topological polar surface area (TPSA) is 39.7 Å². The molecule has 0 saturated heterocycles. The largest absolute Gasteiger partial charge is 0.497 e. The van der Waals surface area contributed by atoms with Crippen LogP contribution in [0.15, 0.2) is 66.7 Å². The Morgan fingerprint density at radius 3 is 1.68 bits per heavy atom. The summed E-state index contributed by atoms with van der Waals surface area (Å²) in [6, 6.07) is 22.2. The van der Waals surface area contributed by atoms with Gasteiger partial charge in [0.15, 0.2) is 0 Å². The van der Waals surface area contributed by atoms with E-state index in [2.05, 4.69) is 43.4 Å². The second-order valence-corrected chi connectivity index (χ2v) is 7.12. The molecule has 0 heterocycles. The van der Waals surface area contributed by atoms with Crippen molar-refractivity contribution in [2.45, 2.75) is 19.3 Å². The van der Waals surface area contributed by atoms with E-state index in [1.165, 1.54) is 5.56 Å². The Kier molecular flexibility index (Phi) is 5.78. The normalized spacial score (nSPS) is 11.0. The van der Waals surface area contributed by atoms with Gasteiger partial charge in [-0.05, 0) is 65.7 Å². The Hall–Kier alpha value is -3.14. The first-order valence-corrected chi connectivity index (χ1v) is 9.22. The average molecular weight is 377 g/mol. The van der Waals surface area contributed by atoms with Crippen LogP contribution < -0.4 is 19.5 Å². The van der Waals surface area contributed by atoms with Gasteiger partial charge in [0.1, 0.15) is 17.2 Å².